The molecule has 1 heterocycles. The van der Waals surface area contributed by atoms with Crippen LogP contribution in [0.25, 0.3) is 0 Å². The van der Waals surface area contributed by atoms with E-state index in [0.29, 0.717) is 24.8 Å². The van der Waals surface area contributed by atoms with Crippen LogP contribution in [0.3, 0.4) is 0 Å². The SMILES string of the molecule is CCCc1ccc(C(O)CN2CC(C(C)C)CC2=O)cc1. The van der Waals surface area contributed by atoms with E-state index in [1.807, 2.05) is 17.0 Å². The van der Waals surface area contributed by atoms with Gasteiger partial charge in [-0.3, -0.25) is 4.79 Å². The van der Waals surface area contributed by atoms with Crippen molar-refractivity contribution >= 4 is 5.91 Å². The van der Waals surface area contributed by atoms with E-state index in [1.54, 1.807) is 0 Å². The smallest absolute Gasteiger partial charge is 0.223 e. The summed E-state index contributed by atoms with van der Waals surface area (Å²) in [6.07, 6.45) is 2.23. The Morgan fingerprint density at radius 3 is 2.48 bits per heavy atom. The predicted octanol–water partition coefficient (Wildman–Crippen LogP) is 3.18. The number of aliphatic hydroxyl groups excluding tert-OH is 1. The van der Waals surface area contributed by atoms with Crippen molar-refractivity contribution < 1.29 is 9.90 Å². The van der Waals surface area contributed by atoms with Gasteiger partial charge in [0.1, 0.15) is 0 Å². The minimum atomic E-state index is -0.587. The summed E-state index contributed by atoms with van der Waals surface area (Å²) in [6, 6.07) is 8.11. The van der Waals surface area contributed by atoms with E-state index in [0.717, 1.165) is 24.9 Å². The molecule has 1 fully saturated rings. The Morgan fingerprint density at radius 1 is 1.29 bits per heavy atom. The highest BCUT2D eigenvalue weighted by Crippen LogP contribution is 2.26. The number of hydrogen-bond donors (Lipinski definition) is 1. The largest absolute Gasteiger partial charge is 0.387 e. The number of carbonyl (C=O) groups is 1. The fourth-order valence-corrected chi connectivity index (χ4v) is 2.94. The number of aliphatic hydroxyl groups is 1. The van der Waals surface area contributed by atoms with Gasteiger partial charge in [0.15, 0.2) is 0 Å². The second-order valence-electron chi connectivity index (χ2n) is 6.51. The fraction of sp³-hybridized carbons (Fsp3) is 0.611. The Balaban J connectivity index is 1.95. The molecule has 1 aliphatic heterocycles. The molecule has 1 aromatic carbocycles. The van der Waals surface area contributed by atoms with Crippen LogP contribution >= 0.6 is 0 Å². The Bertz CT molecular complexity index is 467. The zero-order chi connectivity index (χ0) is 15.4. The van der Waals surface area contributed by atoms with E-state index in [9.17, 15) is 9.90 Å². The Kier molecular flexibility index (Phi) is 5.40. The van der Waals surface area contributed by atoms with Crippen LogP contribution in [0.4, 0.5) is 0 Å². The molecule has 3 nitrogen and oxygen atoms in total. The number of carbonyl (C=O) groups excluding carboxylic acids is 1. The van der Waals surface area contributed by atoms with Crippen LogP contribution < -0.4 is 0 Å². The average molecular weight is 289 g/mol. The van der Waals surface area contributed by atoms with Gasteiger partial charge in [0.05, 0.1) is 12.6 Å². The van der Waals surface area contributed by atoms with Gasteiger partial charge in [0.25, 0.3) is 0 Å². The van der Waals surface area contributed by atoms with Crippen molar-refractivity contribution in [2.45, 2.75) is 46.1 Å². The first kappa shape index (κ1) is 16.0. The van der Waals surface area contributed by atoms with Gasteiger partial charge in [-0.05, 0) is 29.4 Å². The van der Waals surface area contributed by atoms with E-state index < -0.39 is 6.10 Å². The van der Waals surface area contributed by atoms with Crippen molar-refractivity contribution in [2.24, 2.45) is 11.8 Å². The van der Waals surface area contributed by atoms with Crippen molar-refractivity contribution in [3.8, 4) is 0 Å². The molecule has 1 aromatic rings. The third kappa shape index (κ3) is 4.07. The van der Waals surface area contributed by atoms with Crippen LogP contribution in [0.15, 0.2) is 24.3 Å². The number of aryl methyl sites for hydroxylation is 1. The molecule has 0 aliphatic carbocycles. The first-order valence-corrected chi connectivity index (χ1v) is 8.06. The summed E-state index contributed by atoms with van der Waals surface area (Å²) in [4.78, 5) is 13.8. The maximum Gasteiger partial charge on any atom is 0.223 e. The van der Waals surface area contributed by atoms with Crippen molar-refractivity contribution in [3.63, 3.8) is 0 Å². The van der Waals surface area contributed by atoms with Gasteiger partial charge < -0.3 is 10.0 Å². The zero-order valence-electron chi connectivity index (χ0n) is 13.4. The molecular weight excluding hydrogens is 262 g/mol. The van der Waals surface area contributed by atoms with Gasteiger partial charge >= 0.3 is 0 Å². The third-order valence-electron chi connectivity index (χ3n) is 4.48. The summed E-state index contributed by atoms with van der Waals surface area (Å²) in [5, 5.41) is 10.4. The zero-order valence-corrected chi connectivity index (χ0v) is 13.4. The molecule has 1 N–H and O–H groups in total. The number of likely N-dealkylation sites (tertiary alicyclic amines) is 1. The molecule has 0 radical (unpaired) electrons. The summed E-state index contributed by atoms with van der Waals surface area (Å²) in [5.41, 5.74) is 2.20. The van der Waals surface area contributed by atoms with Gasteiger partial charge in [-0.25, -0.2) is 0 Å². The second kappa shape index (κ2) is 7.08. The van der Waals surface area contributed by atoms with Gasteiger partial charge in [-0.1, -0.05) is 51.5 Å². The lowest BCUT2D eigenvalue weighted by atomic mass is 9.95. The maximum absolute atomic E-state index is 12.0. The van der Waals surface area contributed by atoms with Crippen LogP contribution in [0.5, 0.6) is 0 Å². The Hall–Kier alpha value is -1.35. The summed E-state index contributed by atoms with van der Waals surface area (Å²) >= 11 is 0. The minimum absolute atomic E-state index is 0.176. The molecule has 2 rings (SSSR count). The molecule has 0 saturated carbocycles. The van der Waals surface area contributed by atoms with Crippen molar-refractivity contribution in [1.29, 1.82) is 0 Å². The number of nitrogens with zero attached hydrogens (tertiary/aromatic N) is 1. The number of hydrogen-bond acceptors (Lipinski definition) is 2. The molecule has 1 amide bonds. The quantitative estimate of drug-likeness (QED) is 0.874. The molecule has 1 saturated heterocycles. The molecule has 3 heteroatoms. The fourth-order valence-electron chi connectivity index (χ4n) is 2.94. The third-order valence-corrected chi connectivity index (χ3v) is 4.48. The van der Waals surface area contributed by atoms with Crippen LogP contribution in [0, 0.1) is 11.8 Å². The molecule has 0 spiro atoms. The van der Waals surface area contributed by atoms with Gasteiger partial charge in [-0.2, -0.15) is 0 Å². The van der Waals surface area contributed by atoms with E-state index in [2.05, 4.69) is 32.9 Å². The highest BCUT2D eigenvalue weighted by atomic mass is 16.3. The molecular formula is C18H27NO2. The molecule has 0 bridgehead atoms. The van der Waals surface area contributed by atoms with Crippen LogP contribution in [0.1, 0.15) is 50.8 Å². The minimum Gasteiger partial charge on any atom is -0.387 e. The second-order valence-corrected chi connectivity index (χ2v) is 6.51. The normalized spacial score (nSPS) is 20.3. The number of rotatable bonds is 6. The standard InChI is InChI=1S/C18H27NO2/c1-4-5-14-6-8-15(9-7-14)17(20)12-19-11-16(13(2)3)10-18(19)21/h6-9,13,16-17,20H,4-5,10-12H2,1-3H3. The predicted molar refractivity (Wildman–Crippen MR) is 84.9 cm³/mol. The summed E-state index contributed by atoms with van der Waals surface area (Å²) < 4.78 is 0. The number of amides is 1. The average Bonchev–Trinajstić information content (AvgIpc) is 2.81. The molecule has 1 aliphatic rings. The topological polar surface area (TPSA) is 40.5 Å². The molecule has 2 atom stereocenters. The highest BCUT2D eigenvalue weighted by molar-refractivity contribution is 5.78. The van der Waals surface area contributed by atoms with Crippen LogP contribution in [-0.2, 0) is 11.2 Å². The van der Waals surface area contributed by atoms with Gasteiger partial charge in [-0.15, -0.1) is 0 Å². The first-order valence-electron chi connectivity index (χ1n) is 8.06. The monoisotopic (exact) mass is 289 g/mol. The Labute approximate surface area is 128 Å². The van der Waals surface area contributed by atoms with E-state index in [4.69, 9.17) is 0 Å². The van der Waals surface area contributed by atoms with Gasteiger partial charge in [0, 0.05) is 13.0 Å². The lowest BCUT2D eigenvalue weighted by molar-refractivity contribution is -0.129. The maximum atomic E-state index is 12.0. The van der Waals surface area contributed by atoms with Crippen molar-refractivity contribution in [3.05, 3.63) is 35.4 Å². The number of β-amino-alcohol motifs (C(OH)–C–C–N with tert-alkyl or cyclic N) is 1. The summed E-state index contributed by atoms with van der Waals surface area (Å²) in [6.45, 7) is 7.66. The van der Waals surface area contributed by atoms with Crippen LogP contribution in [0.2, 0.25) is 0 Å². The molecule has 0 aromatic heterocycles. The summed E-state index contributed by atoms with van der Waals surface area (Å²) in [5.74, 6) is 1.12. The first-order chi connectivity index (χ1) is 10.0. The Morgan fingerprint density at radius 2 is 1.95 bits per heavy atom. The van der Waals surface area contributed by atoms with Gasteiger partial charge in [0.2, 0.25) is 5.91 Å². The van der Waals surface area contributed by atoms with E-state index in [-0.39, 0.29) is 5.91 Å². The van der Waals surface area contributed by atoms with Crippen molar-refractivity contribution in [2.75, 3.05) is 13.1 Å². The molecule has 2 unspecified atom stereocenters. The lowest BCUT2D eigenvalue weighted by Gasteiger charge is -2.22. The lowest BCUT2D eigenvalue weighted by Crippen LogP contribution is -2.30. The van der Waals surface area contributed by atoms with Crippen molar-refractivity contribution in [1.82, 2.24) is 4.90 Å². The van der Waals surface area contributed by atoms with Crippen LogP contribution in [-0.4, -0.2) is 29.0 Å². The number of benzene rings is 1. The van der Waals surface area contributed by atoms with E-state index in [1.165, 1.54) is 5.56 Å². The van der Waals surface area contributed by atoms with E-state index >= 15 is 0 Å². The molecule has 116 valence electrons. The highest BCUT2D eigenvalue weighted by Gasteiger charge is 2.32. The molecule has 21 heavy (non-hydrogen) atoms. The summed E-state index contributed by atoms with van der Waals surface area (Å²) in [7, 11) is 0.